The van der Waals surface area contributed by atoms with Gasteiger partial charge in [-0.3, -0.25) is 14.7 Å². The lowest BCUT2D eigenvalue weighted by atomic mass is 9.96. The summed E-state index contributed by atoms with van der Waals surface area (Å²) in [6, 6.07) is 14.1. The van der Waals surface area contributed by atoms with E-state index >= 15 is 0 Å². The minimum Gasteiger partial charge on any atom is -0.442 e. The van der Waals surface area contributed by atoms with Gasteiger partial charge in [-0.1, -0.05) is 18.2 Å². The zero-order valence-electron chi connectivity index (χ0n) is 17.6. The second-order valence-corrected chi connectivity index (χ2v) is 8.38. The molecule has 2 N–H and O–H groups in total. The van der Waals surface area contributed by atoms with E-state index in [4.69, 9.17) is 4.74 Å². The van der Waals surface area contributed by atoms with Crippen molar-refractivity contribution in [2.75, 3.05) is 31.1 Å². The Morgan fingerprint density at radius 2 is 1.94 bits per heavy atom. The topological polar surface area (TPSA) is 107 Å². The predicted molar refractivity (Wildman–Crippen MR) is 120 cm³/mol. The molecule has 2 unspecified atom stereocenters. The first-order valence-corrected chi connectivity index (χ1v) is 10.4. The van der Waals surface area contributed by atoms with Crippen LogP contribution in [0.4, 0.5) is 10.5 Å². The van der Waals surface area contributed by atoms with E-state index in [0.29, 0.717) is 24.9 Å². The molecule has 9 heteroatoms. The molecule has 1 aromatic carbocycles. The van der Waals surface area contributed by atoms with Crippen LogP contribution in [0.15, 0.2) is 42.6 Å². The number of nitrogens with one attached hydrogen (secondary N) is 2. The van der Waals surface area contributed by atoms with Crippen LogP contribution in [0.25, 0.3) is 11.1 Å². The molecule has 32 heavy (non-hydrogen) atoms. The second-order valence-electron chi connectivity index (χ2n) is 8.38. The number of piperidine rings is 1. The highest BCUT2D eigenvalue weighted by molar-refractivity contribution is 5.90. The van der Waals surface area contributed by atoms with Gasteiger partial charge in [-0.05, 0) is 23.8 Å². The fraction of sp³-hybridized carbons (Fsp3) is 0.391. The van der Waals surface area contributed by atoms with Gasteiger partial charge in [0, 0.05) is 49.3 Å². The second kappa shape index (κ2) is 8.41. The molecule has 5 rings (SSSR count). The van der Waals surface area contributed by atoms with Crippen LogP contribution in [-0.2, 0) is 14.9 Å². The Bertz CT molecular complexity index is 1060. The Morgan fingerprint density at radius 1 is 1.25 bits per heavy atom. The molecule has 1 aliphatic carbocycles. The first-order valence-electron chi connectivity index (χ1n) is 10.4. The summed E-state index contributed by atoms with van der Waals surface area (Å²) in [5.74, 6) is 0.579. The van der Waals surface area contributed by atoms with E-state index in [0.717, 1.165) is 35.6 Å². The van der Waals surface area contributed by atoms with E-state index in [1.807, 2.05) is 42.6 Å². The van der Waals surface area contributed by atoms with E-state index < -0.39 is 11.5 Å². The molecule has 0 bridgehead atoms. The maximum Gasteiger partial charge on any atom is 0.414 e. The number of hydrogen-bond donors (Lipinski definition) is 2. The fourth-order valence-corrected chi connectivity index (χ4v) is 4.88. The number of amides is 2. The van der Waals surface area contributed by atoms with Crippen molar-refractivity contribution in [1.29, 1.82) is 5.26 Å². The zero-order chi connectivity index (χ0) is 21.6. The summed E-state index contributed by atoms with van der Waals surface area (Å²) < 4.78 is 5.32. The minimum absolute atomic E-state index is 0. The number of anilines is 1. The van der Waals surface area contributed by atoms with Gasteiger partial charge in [0.2, 0.25) is 5.91 Å². The number of hydrogen-bond acceptors (Lipinski definition) is 6. The molecule has 1 aromatic heterocycles. The van der Waals surface area contributed by atoms with Gasteiger partial charge in [0.15, 0.2) is 0 Å². The lowest BCUT2D eigenvalue weighted by Gasteiger charge is -2.15. The van der Waals surface area contributed by atoms with Crippen LogP contribution in [0.2, 0.25) is 0 Å². The van der Waals surface area contributed by atoms with E-state index in [9.17, 15) is 14.9 Å². The Labute approximate surface area is 192 Å². The van der Waals surface area contributed by atoms with Crippen LogP contribution in [-0.4, -0.2) is 49.3 Å². The lowest BCUT2D eigenvalue weighted by Crippen LogP contribution is -2.33. The summed E-state index contributed by atoms with van der Waals surface area (Å²) in [6.45, 7) is 3.89. The first-order chi connectivity index (χ1) is 15.0. The zero-order valence-corrected chi connectivity index (χ0v) is 18.4. The van der Waals surface area contributed by atoms with Gasteiger partial charge in [-0.2, -0.15) is 5.26 Å². The van der Waals surface area contributed by atoms with Crippen molar-refractivity contribution in [3.8, 4) is 17.2 Å². The van der Waals surface area contributed by atoms with Crippen LogP contribution in [0.1, 0.15) is 12.6 Å². The third-order valence-electron chi connectivity index (χ3n) is 6.61. The van der Waals surface area contributed by atoms with E-state index in [-0.39, 0.29) is 24.4 Å². The SMILES string of the molecule is CC(=O)NC[C@H]1CN(c2ccc(-c3ccc(C4(C#N)C5CNCC54)nc3)cc2)C(=O)O1.Cl. The maximum absolute atomic E-state index is 12.2. The Morgan fingerprint density at radius 3 is 2.53 bits per heavy atom. The standard InChI is InChI=1S/C23H23N5O3.ClH/c1-14(29)26-9-18-12-28(22(30)31-18)17-5-2-15(3-6-17)16-4-7-21(27-8-16)23(13-24)19-10-25-11-20(19)23;/h2-8,18-20,25H,9-12H2,1H3,(H,26,29);1H/t18-,19?,20?,23?;/m0./s1. The number of ether oxygens (including phenoxy) is 1. The number of fused-ring (bicyclic) bond motifs is 1. The fourth-order valence-electron chi connectivity index (χ4n) is 4.88. The number of carbonyl (C=O) groups is 2. The largest absolute Gasteiger partial charge is 0.442 e. The molecule has 8 nitrogen and oxygen atoms in total. The number of cyclic esters (lactones) is 1. The van der Waals surface area contributed by atoms with E-state index in [1.165, 1.54) is 6.92 Å². The molecule has 2 amide bonds. The van der Waals surface area contributed by atoms with Gasteiger partial charge in [0.1, 0.15) is 11.5 Å². The Balaban J connectivity index is 0.00000245. The summed E-state index contributed by atoms with van der Waals surface area (Å²) in [7, 11) is 0. The molecule has 3 aliphatic rings. The van der Waals surface area contributed by atoms with E-state index in [1.54, 1.807) is 4.90 Å². The summed E-state index contributed by atoms with van der Waals surface area (Å²) in [5.41, 5.74) is 3.10. The third-order valence-corrected chi connectivity index (χ3v) is 6.61. The van der Waals surface area contributed by atoms with Crippen molar-refractivity contribution in [1.82, 2.24) is 15.6 Å². The highest BCUT2D eigenvalue weighted by Gasteiger charge is 2.69. The Kier molecular flexibility index (Phi) is 5.80. The van der Waals surface area contributed by atoms with Gasteiger partial charge in [-0.15, -0.1) is 12.4 Å². The molecule has 166 valence electrons. The van der Waals surface area contributed by atoms with Crippen molar-refractivity contribution in [2.45, 2.75) is 18.4 Å². The van der Waals surface area contributed by atoms with Crippen molar-refractivity contribution in [3.05, 3.63) is 48.3 Å². The molecule has 3 heterocycles. The van der Waals surface area contributed by atoms with Crippen LogP contribution in [0.3, 0.4) is 0 Å². The highest BCUT2D eigenvalue weighted by atomic mass is 35.5. The number of pyridine rings is 1. The monoisotopic (exact) mass is 453 g/mol. The van der Waals surface area contributed by atoms with Crippen molar-refractivity contribution < 1.29 is 14.3 Å². The van der Waals surface area contributed by atoms with Crippen LogP contribution < -0.4 is 15.5 Å². The summed E-state index contributed by atoms with van der Waals surface area (Å²) in [4.78, 5) is 29.4. The predicted octanol–water partition coefficient (Wildman–Crippen LogP) is 2.24. The summed E-state index contributed by atoms with van der Waals surface area (Å²) in [6.07, 6.45) is 1.04. The maximum atomic E-state index is 12.2. The molecular weight excluding hydrogens is 430 g/mol. The minimum atomic E-state index is -0.433. The number of nitrogens with zero attached hydrogens (tertiary/aromatic N) is 3. The van der Waals surface area contributed by atoms with Crippen LogP contribution in [0.5, 0.6) is 0 Å². The van der Waals surface area contributed by atoms with Gasteiger partial charge < -0.3 is 15.4 Å². The van der Waals surface area contributed by atoms with Gasteiger partial charge in [-0.25, -0.2) is 4.79 Å². The average Bonchev–Trinajstić information content (AvgIpc) is 3.09. The number of rotatable bonds is 5. The third kappa shape index (κ3) is 3.57. The molecule has 0 spiro atoms. The number of halogens is 1. The lowest BCUT2D eigenvalue weighted by molar-refractivity contribution is -0.119. The van der Waals surface area contributed by atoms with Crippen LogP contribution >= 0.6 is 12.4 Å². The van der Waals surface area contributed by atoms with Crippen molar-refractivity contribution in [3.63, 3.8) is 0 Å². The molecule has 3 atom stereocenters. The molecule has 3 fully saturated rings. The number of aromatic nitrogens is 1. The summed E-state index contributed by atoms with van der Waals surface area (Å²) in [5, 5.41) is 15.8. The Hall–Kier alpha value is -3.15. The number of carbonyl (C=O) groups excluding carboxylic acids is 2. The molecule has 0 radical (unpaired) electrons. The molecular formula is C23H24ClN5O3. The average molecular weight is 454 g/mol. The molecule has 2 aliphatic heterocycles. The highest BCUT2D eigenvalue weighted by Crippen LogP contribution is 2.60. The number of nitriles is 1. The van der Waals surface area contributed by atoms with Crippen molar-refractivity contribution >= 4 is 30.1 Å². The molecule has 2 saturated heterocycles. The van der Waals surface area contributed by atoms with Gasteiger partial charge >= 0.3 is 6.09 Å². The van der Waals surface area contributed by atoms with Crippen molar-refractivity contribution in [2.24, 2.45) is 11.8 Å². The van der Waals surface area contributed by atoms with Gasteiger partial charge in [0.05, 0.1) is 24.9 Å². The van der Waals surface area contributed by atoms with Gasteiger partial charge in [0.25, 0.3) is 0 Å². The normalized spacial score (nSPS) is 27.7. The summed E-state index contributed by atoms with van der Waals surface area (Å²) >= 11 is 0. The quantitative estimate of drug-likeness (QED) is 0.719. The van der Waals surface area contributed by atoms with E-state index in [2.05, 4.69) is 21.7 Å². The molecule has 2 aromatic rings. The van der Waals surface area contributed by atoms with Crippen LogP contribution in [0, 0.1) is 23.2 Å². The first kappa shape index (κ1) is 22.1. The smallest absolute Gasteiger partial charge is 0.414 e. The number of benzene rings is 1. The molecule has 1 saturated carbocycles.